The number of hydrogen-bond donors (Lipinski definition) is 4. The molecule has 0 aliphatic rings. The highest BCUT2D eigenvalue weighted by molar-refractivity contribution is 7.10. The minimum atomic E-state index is -0.580. The molecular formula is C25H27N5O2S. The third-order valence-corrected chi connectivity index (χ3v) is 6.52. The highest BCUT2D eigenvalue weighted by Crippen LogP contribution is 2.29. The van der Waals surface area contributed by atoms with E-state index in [0.29, 0.717) is 12.1 Å². The lowest BCUT2D eigenvalue weighted by Crippen LogP contribution is -2.19. The number of thiophene rings is 1. The highest BCUT2D eigenvalue weighted by Gasteiger charge is 2.14. The van der Waals surface area contributed by atoms with E-state index in [4.69, 9.17) is 5.73 Å². The van der Waals surface area contributed by atoms with Crippen LogP contribution in [0.5, 0.6) is 0 Å². The topological polar surface area (TPSA) is 113 Å². The van der Waals surface area contributed by atoms with Crippen LogP contribution in [0.15, 0.2) is 53.9 Å². The fraction of sp³-hybridized carbons (Fsp3) is 0.240. The lowest BCUT2D eigenvalue weighted by atomic mass is 9.94. The van der Waals surface area contributed by atoms with Crippen molar-refractivity contribution in [1.82, 2.24) is 10.2 Å². The van der Waals surface area contributed by atoms with E-state index in [-0.39, 0.29) is 18.2 Å². The van der Waals surface area contributed by atoms with E-state index < -0.39 is 6.03 Å². The number of aromatic amines is 1. The molecule has 2 heterocycles. The number of anilines is 2. The molecule has 0 bridgehead atoms. The van der Waals surface area contributed by atoms with E-state index in [1.807, 2.05) is 54.8 Å². The van der Waals surface area contributed by atoms with Crippen LogP contribution in [0.25, 0.3) is 10.9 Å². The van der Waals surface area contributed by atoms with E-state index in [9.17, 15) is 9.59 Å². The molecule has 7 nitrogen and oxygen atoms in total. The number of ketones is 1. The van der Waals surface area contributed by atoms with Gasteiger partial charge in [0.1, 0.15) is 0 Å². The standard InChI is InChI=1S/C25H27N5O2S/c1-15(17-5-3-6-18(11-17)28-25(26)32)9-23-21-13-22(16(2)10-24(21)30-29-23)27-14-19(31)12-20-7-4-8-33-20/h3-8,10-11,13,15,27H,9,12,14H2,1-2H3,(H,29,30)(H3,26,28,32). The number of nitrogens with one attached hydrogen (secondary N) is 3. The molecule has 2 aromatic heterocycles. The third kappa shape index (κ3) is 5.59. The summed E-state index contributed by atoms with van der Waals surface area (Å²) in [5.74, 6) is 0.343. The van der Waals surface area contributed by atoms with Gasteiger partial charge < -0.3 is 16.4 Å². The summed E-state index contributed by atoms with van der Waals surface area (Å²) < 4.78 is 0. The predicted molar refractivity (Wildman–Crippen MR) is 134 cm³/mol. The molecule has 2 aromatic carbocycles. The Bertz CT molecular complexity index is 1280. The number of aryl methyl sites for hydroxylation is 1. The smallest absolute Gasteiger partial charge is 0.316 e. The van der Waals surface area contributed by atoms with Crippen LogP contribution in [0, 0.1) is 6.92 Å². The largest absolute Gasteiger partial charge is 0.378 e. The molecule has 0 aliphatic heterocycles. The van der Waals surface area contributed by atoms with Crippen LogP contribution in [0.3, 0.4) is 0 Å². The number of benzene rings is 2. The number of nitrogens with zero attached hydrogens (tertiary/aromatic N) is 1. The summed E-state index contributed by atoms with van der Waals surface area (Å²) in [6, 6.07) is 15.2. The van der Waals surface area contributed by atoms with E-state index in [2.05, 4.69) is 33.8 Å². The van der Waals surface area contributed by atoms with Crippen LogP contribution < -0.4 is 16.4 Å². The van der Waals surface area contributed by atoms with Gasteiger partial charge >= 0.3 is 6.03 Å². The molecule has 1 atom stereocenters. The number of carbonyl (C=O) groups is 2. The van der Waals surface area contributed by atoms with Gasteiger partial charge in [0, 0.05) is 33.8 Å². The number of hydrogen-bond acceptors (Lipinski definition) is 5. The maximum atomic E-state index is 12.4. The molecule has 0 fully saturated rings. The molecule has 0 spiro atoms. The maximum absolute atomic E-state index is 12.4. The Morgan fingerprint density at radius 3 is 2.79 bits per heavy atom. The number of fused-ring (bicyclic) bond motifs is 1. The monoisotopic (exact) mass is 461 g/mol. The first-order chi connectivity index (χ1) is 15.9. The third-order valence-electron chi connectivity index (χ3n) is 5.64. The number of rotatable bonds is 9. The molecule has 0 aliphatic carbocycles. The molecule has 170 valence electrons. The molecule has 5 N–H and O–H groups in total. The van der Waals surface area contributed by atoms with Crippen LogP contribution >= 0.6 is 11.3 Å². The minimum Gasteiger partial charge on any atom is -0.378 e. The predicted octanol–water partition coefficient (Wildman–Crippen LogP) is 4.99. The van der Waals surface area contributed by atoms with Crippen LogP contribution in [0.1, 0.15) is 34.5 Å². The Morgan fingerprint density at radius 1 is 1.18 bits per heavy atom. The molecule has 0 saturated carbocycles. The quantitative estimate of drug-likeness (QED) is 0.281. The summed E-state index contributed by atoms with van der Waals surface area (Å²) in [6.45, 7) is 4.43. The first kappa shape index (κ1) is 22.5. The summed E-state index contributed by atoms with van der Waals surface area (Å²) >= 11 is 1.60. The van der Waals surface area contributed by atoms with Crippen LogP contribution in [0.2, 0.25) is 0 Å². The minimum absolute atomic E-state index is 0.155. The fourth-order valence-electron chi connectivity index (χ4n) is 3.91. The number of nitrogens with two attached hydrogens (primary N) is 1. The number of aromatic nitrogens is 2. The number of primary amides is 1. The van der Waals surface area contributed by atoms with E-state index in [1.165, 1.54) is 0 Å². The molecule has 8 heteroatoms. The van der Waals surface area contributed by atoms with Crippen molar-refractivity contribution in [1.29, 1.82) is 0 Å². The van der Waals surface area contributed by atoms with Gasteiger partial charge in [0.15, 0.2) is 5.78 Å². The van der Waals surface area contributed by atoms with Crippen molar-refractivity contribution in [3.8, 4) is 0 Å². The van der Waals surface area contributed by atoms with Crippen molar-refractivity contribution in [3.63, 3.8) is 0 Å². The number of H-pyrrole nitrogens is 1. The maximum Gasteiger partial charge on any atom is 0.316 e. The van der Waals surface area contributed by atoms with E-state index in [1.54, 1.807) is 11.3 Å². The Labute approximate surface area is 196 Å². The summed E-state index contributed by atoms with van der Waals surface area (Å²) in [4.78, 5) is 24.6. The lowest BCUT2D eigenvalue weighted by molar-refractivity contribution is -0.116. The fourth-order valence-corrected chi connectivity index (χ4v) is 4.65. The van der Waals surface area contributed by atoms with Gasteiger partial charge in [-0.25, -0.2) is 4.79 Å². The first-order valence-corrected chi connectivity index (χ1v) is 11.7. The molecule has 0 saturated heterocycles. The second-order valence-corrected chi connectivity index (χ2v) is 9.29. The van der Waals surface area contributed by atoms with Gasteiger partial charge in [0.05, 0.1) is 12.1 Å². The zero-order valence-electron chi connectivity index (χ0n) is 18.6. The second kappa shape index (κ2) is 9.87. The summed E-state index contributed by atoms with van der Waals surface area (Å²) in [7, 11) is 0. The lowest BCUT2D eigenvalue weighted by Gasteiger charge is -2.13. The average Bonchev–Trinajstić information content (AvgIpc) is 3.42. The summed E-state index contributed by atoms with van der Waals surface area (Å²) in [6.07, 6.45) is 1.19. The molecular weight excluding hydrogens is 434 g/mol. The van der Waals surface area contributed by atoms with Crippen molar-refractivity contribution in [3.05, 3.63) is 75.6 Å². The van der Waals surface area contributed by atoms with E-state index in [0.717, 1.165) is 44.7 Å². The van der Waals surface area contributed by atoms with Crippen molar-refractivity contribution in [2.45, 2.75) is 32.6 Å². The molecule has 4 rings (SSSR count). The number of carbonyl (C=O) groups excluding carboxylic acids is 2. The molecule has 4 aromatic rings. The highest BCUT2D eigenvalue weighted by atomic mass is 32.1. The van der Waals surface area contributed by atoms with Crippen molar-refractivity contribution >= 4 is 45.4 Å². The van der Waals surface area contributed by atoms with Crippen molar-refractivity contribution in [2.24, 2.45) is 5.73 Å². The summed E-state index contributed by atoms with van der Waals surface area (Å²) in [5.41, 5.74) is 10.9. The Morgan fingerprint density at radius 2 is 2.03 bits per heavy atom. The van der Waals surface area contributed by atoms with Crippen molar-refractivity contribution in [2.75, 3.05) is 17.2 Å². The number of urea groups is 1. The van der Waals surface area contributed by atoms with Gasteiger partial charge in [-0.15, -0.1) is 11.3 Å². The van der Waals surface area contributed by atoms with Crippen LogP contribution in [0.4, 0.5) is 16.2 Å². The zero-order valence-corrected chi connectivity index (χ0v) is 19.5. The molecule has 1 unspecified atom stereocenters. The number of Topliss-reactive ketones (excluding diaryl/α,β-unsaturated/α-hetero) is 1. The van der Waals surface area contributed by atoms with Gasteiger partial charge in [-0.05, 0) is 66.1 Å². The van der Waals surface area contributed by atoms with E-state index >= 15 is 0 Å². The second-order valence-electron chi connectivity index (χ2n) is 8.25. The Hall–Kier alpha value is -3.65. The van der Waals surface area contributed by atoms with Gasteiger partial charge in [-0.3, -0.25) is 9.89 Å². The Kier molecular flexibility index (Phi) is 6.74. The summed E-state index contributed by atoms with van der Waals surface area (Å²) in [5, 5.41) is 16.6. The SMILES string of the molecule is Cc1cc2n[nH]c(CC(C)c3cccc(NC(N)=O)c3)c2cc1NCC(=O)Cc1cccs1. The van der Waals surface area contributed by atoms with Gasteiger partial charge in [-0.2, -0.15) is 5.10 Å². The van der Waals surface area contributed by atoms with Gasteiger partial charge in [0.2, 0.25) is 0 Å². The molecule has 0 radical (unpaired) electrons. The number of amides is 2. The Balaban J connectivity index is 1.48. The normalized spacial score (nSPS) is 11.9. The van der Waals surface area contributed by atoms with Gasteiger partial charge in [0.25, 0.3) is 0 Å². The van der Waals surface area contributed by atoms with Gasteiger partial charge in [-0.1, -0.05) is 25.1 Å². The van der Waals surface area contributed by atoms with Crippen LogP contribution in [-0.2, 0) is 17.6 Å². The van der Waals surface area contributed by atoms with Crippen LogP contribution in [-0.4, -0.2) is 28.6 Å². The van der Waals surface area contributed by atoms with Crippen molar-refractivity contribution < 1.29 is 9.59 Å². The zero-order chi connectivity index (χ0) is 23.4. The average molecular weight is 462 g/mol. The molecule has 33 heavy (non-hydrogen) atoms. The first-order valence-electron chi connectivity index (χ1n) is 10.8. The molecule has 2 amide bonds.